The van der Waals surface area contributed by atoms with Crippen molar-refractivity contribution in [3.8, 4) is 22.8 Å². The fourth-order valence-electron chi connectivity index (χ4n) is 3.84. The molecule has 3 aromatic rings. The summed E-state index contributed by atoms with van der Waals surface area (Å²) in [6, 6.07) is 18.5. The van der Waals surface area contributed by atoms with E-state index in [-0.39, 0.29) is 0 Å². The van der Waals surface area contributed by atoms with Crippen molar-refractivity contribution in [1.82, 2.24) is 15.0 Å². The highest BCUT2D eigenvalue weighted by molar-refractivity contribution is 5.63. The Morgan fingerprint density at radius 1 is 0.867 bits per heavy atom. The molecule has 0 amide bonds. The number of nitrogens with zero attached hydrogens (tertiary/aromatic N) is 3. The van der Waals surface area contributed by atoms with Gasteiger partial charge in [-0.15, -0.1) is 0 Å². The third-order valence-corrected chi connectivity index (χ3v) is 5.63. The van der Waals surface area contributed by atoms with Crippen LogP contribution in [0.15, 0.2) is 59.1 Å². The zero-order chi connectivity index (χ0) is 20.8. The van der Waals surface area contributed by atoms with Crippen molar-refractivity contribution in [2.75, 3.05) is 46.9 Å². The number of hydrogen-bond acceptors (Lipinski definition) is 6. The van der Waals surface area contributed by atoms with Crippen molar-refractivity contribution in [2.45, 2.75) is 13.0 Å². The smallest absolute Gasteiger partial charge is 0.161 e. The fourth-order valence-corrected chi connectivity index (χ4v) is 3.84. The molecule has 0 unspecified atom stereocenters. The van der Waals surface area contributed by atoms with E-state index in [1.165, 1.54) is 5.56 Å². The summed E-state index contributed by atoms with van der Waals surface area (Å²) in [6.07, 6.45) is 0.860. The zero-order valence-electron chi connectivity index (χ0n) is 17.7. The number of benzene rings is 2. The van der Waals surface area contributed by atoms with E-state index in [4.69, 9.17) is 14.0 Å². The number of methoxy groups -OCH3 is 2. The average Bonchev–Trinajstić information content (AvgIpc) is 3.28. The maximum atomic E-state index is 5.58. The number of piperazine rings is 1. The summed E-state index contributed by atoms with van der Waals surface area (Å²) >= 11 is 0. The van der Waals surface area contributed by atoms with Gasteiger partial charge in [0, 0.05) is 57.3 Å². The van der Waals surface area contributed by atoms with Gasteiger partial charge in [-0.05, 0) is 23.8 Å². The normalized spacial score (nSPS) is 15.3. The summed E-state index contributed by atoms with van der Waals surface area (Å²) in [4.78, 5) is 5.02. The highest BCUT2D eigenvalue weighted by Gasteiger charge is 2.18. The molecular weight excluding hydrogens is 378 g/mol. The predicted molar refractivity (Wildman–Crippen MR) is 117 cm³/mol. The second kappa shape index (κ2) is 9.78. The van der Waals surface area contributed by atoms with Gasteiger partial charge >= 0.3 is 0 Å². The van der Waals surface area contributed by atoms with E-state index < -0.39 is 0 Å². The summed E-state index contributed by atoms with van der Waals surface area (Å²) < 4.78 is 16.3. The summed E-state index contributed by atoms with van der Waals surface area (Å²) in [7, 11) is 3.27. The van der Waals surface area contributed by atoms with E-state index in [0.717, 1.165) is 62.7 Å². The van der Waals surface area contributed by atoms with Crippen LogP contribution >= 0.6 is 0 Å². The quantitative estimate of drug-likeness (QED) is 0.567. The third-order valence-electron chi connectivity index (χ3n) is 5.63. The van der Waals surface area contributed by atoms with Crippen LogP contribution in [0.2, 0.25) is 0 Å². The molecule has 2 aromatic carbocycles. The Hall–Kier alpha value is -2.83. The van der Waals surface area contributed by atoms with Gasteiger partial charge in [0.1, 0.15) is 11.5 Å². The maximum Gasteiger partial charge on any atom is 0.161 e. The van der Waals surface area contributed by atoms with Crippen LogP contribution in [-0.4, -0.2) is 61.9 Å². The molecule has 0 radical (unpaired) electrons. The lowest BCUT2D eigenvalue weighted by Crippen LogP contribution is -2.46. The SMILES string of the molecule is COc1ccc(-c2cc(CCN3CCN(Cc4ccccc4)CC3)on2)cc1OC. The highest BCUT2D eigenvalue weighted by atomic mass is 16.5. The minimum Gasteiger partial charge on any atom is -0.493 e. The first-order valence-electron chi connectivity index (χ1n) is 10.4. The molecule has 30 heavy (non-hydrogen) atoms. The summed E-state index contributed by atoms with van der Waals surface area (Å²) in [5.41, 5.74) is 3.16. The number of rotatable bonds is 8. The lowest BCUT2D eigenvalue weighted by atomic mass is 10.1. The molecule has 0 bridgehead atoms. The molecule has 1 saturated heterocycles. The second-order valence-corrected chi connectivity index (χ2v) is 7.60. The lowest BCUT2D eigenvalue weighted by molar-refractivity contribution is 0.126. The Morgan fingerprint density at radius 3 is 2.33 bits per heavy atom. The van der Waals surface area contributed by atoms with Crippen molar-refractivity contribution < 1.29 is 14.0 Å². The van der Waals surface area contributed by atoms with E-state index in [2.05, 4.69) is 45.3 Å². The molecule has 0 aliphatic carbocycles. The van der Waals surface area contributed by atoms with Crippen molar-refractivity contribution in [3.05, 3.63) is 65.9 Å². The Labute approximate surface area is 178 Å². The topological polar surface area (TPSA) is 51.0 Å². The molecule has 1 aliphatic rings. The van der Waals surface area contributed by atoms with Crippen molar-refractivity contribution >= 4 is 0 Å². The van der Waals surface area contributed by atoms with Crippen LogP contribution < -0.4 is 9.47 Å². The molecule has 0 N–H and O–H groups in total. The summed E-state index contributed by atoms with van der Waals surface area (Å²) in [5, 5.41) is 4.24. The number of ether oxygens (including phenoxy) is 2. The molecule has 0 spiro atoms. The number of aromatic nitrogens is 1. The Bertz CT molecular complexity index is 934. The molecule has 1 aromatic heterocycles. The van der Waals surface area contributed by atoms with Crippen LogP contribution in [0.1, 0.15) is 11.3 Å². The Morgan fingerprint density at radius 2 is 1.60 bits per heavy atom. The molecule has 1 fully saturated rings. The van der Waals surface area contributed by atoms with E-state index >= 15 is 0 Å². The molecule has 6 nitrogen and oxygen atoms in total. The van der Waals surface area contributed by atoms with Crippen LogP contribution in [-0.2, 0) is 13.0 Å². The van der Waals surface area contributed by atoms with Crippen molar-refractivity contribution in [2.24, 2.45) is 0 Å². The van der Waals surface area contributed by atoms with Gasteiger partial charge in [0.2, 0.25) is 0 Å². The van der Waals surface area contributed by atoms with Crippen LogP contribution in [0.3, 0.4) is 0 Å². The van der Waals surface area contributed by atoms with Gasteiger partial charge < -0.3 is 18.9 Å². The van der Waals surface area contributed by atoms with Gasteiger partial charge in [-0.1, -0.05) is 35.5 Å². The largest absolute Gasteiger partial charge is 0.493 e. The average molecular weight is 408 g/mol. The first kappa shape index (κ1) is 20.4. The van der Waals surface area contributed by atoms with Gasteiger partial charge in [-0.3, -0.25) is 4.90 Å². The van der Waals surface area contributed by atoms with Gasteiger partial charge in [0.05, 0.1) is 14.2 Å². The first-order chi connectivity index (χ1) is 14.7. The van der Waals surface area contributed by atoms with Crippen molar-refractivity contribution in [1.29, 1.82) is 0 Å². The molecule has 4 rings (SSSR count). The second-order valence-electron chi connectivity index (χ2n) is 7.60. The minimum atomic E-state index is 0.688. The monoisotopic (exact) mass is 407 g/mol. The summed E-state index contributed by atoms with van der Waals surface area (Å²) in [5.74, 6) is 2.30. The molecule has 158 valence electrons. The molecule has 0 atom stereocenters. The van der Waals surface area contributed by atoms with E-state index in [1.54, 1.807) is 14.2 Å². The highest BCUT2D eigenvalue weighted by Crippen LogP contribution is 2.32. The molecule has 1 aliphatic heterocycles. The predicted octanol–water partition coefficient (Wildman–Crippen LogP) is 3.72. The van der Waals surface area contributed by atoms with E-state index in [9.17, 15) is 0 Å². The van der Waals surface area contributed by atoms with E-state index in [1.807, 2.05) is 24.3 Å². The lowest BCUT2D eigenvalue weighted by Gasteiger charge is -2.34. The standard InChI is InChI=1S/C24H29N3O3/c1-28-23-9-8-20(16-24(23)29-2)22-17-21(30-25-22)10-11-26-12-14-27(15-13-26)18-19-6-4-3-5-7-19/h3-9,16-17H,10-15,18H2,1-2H3. The minimum absolute atomic E-state index is 0.688. The third kappa shape index (κ3) is 5.01. The van der Waals surface area contributed by atoms with Gasteiger partial charge in [-0.2, -0.15) is 0 Å². The molecular formula is C24H29N3O3. The van der Waals surface area contributed by atoms with Gasteiger partial charge in [-0.25, -0.2) is 0 Å². The van der Waals surface area contributed by atoms with Crippen LogP contribution in [0, 0.1) is 0 Å². The zero-order valence-corrected chi connectivity index (χ0v) is 17.7. The Kier molecular flexibility index (Phi) is 6.67. The van der Waals surface area contributed by atoms with Gasteiger partial charge in [0.25, 0.3) is 0 Å². The summed E-state index contributed by atoms with van der Waals surface area (Å²) in [6.45, 7) is 6.39. The van der Waals surface area contributed by atoms with Crippen molar-refractivity contribution in [3.63, 3.8) is 0 Å². The van der Waals surface area contributed by atoms with Crippen LogP contribution in [0.5, 0.6) is 11.5 Å². The molecule has 6 heteroatoms. The first-order valence-corrected chi connectivity index (χ1v) is 10.4. The number of hydrogen-bond donors (Lipinski definition) is 0. The molecule has 0 saturated carbocycles. The molecule has 2 heterocycles. The Balaban J connectivity index is 1.27. The van der Waals surface area contributed by atoms with E-state index in [0.29, 0.717) is 11.5 Å². The van der Waals surface area contributed by atoms with Crippen LogP contribution in [0.25, 0.3) is 11.3 Å². The van der Waals surface area contributed by atoms with Crippen LogP contribution in [0.4, 0.5) is 0 Å². The maximum absolute atomic E-state index is 5.58. The van der Waals surface area contributed by atoms with Gasteiger partial charge in [0.15, 0.2) is 11.5 Å². The fraction of sp³-hybridized carbons (Fsp3) is 0.375.